The van der Waals surface area contributed by atoms with Gasteiger partial charge >= 0.3 is 24.4 Å². The van der Waals surface area contributed by atoms with Gasteiger partial charge in [0.1, 0.15) is 0 Å². The van der Waals surface area contributed by atoms with E-state index in [1.165, 1.54) is 135 Å². The highest BCUT2D eigenvalue weighted by molar-refractivity contribution is 5.83. The van der Waals surface area contributed by atoms with Gasteiger partial charge in [-0.2, -0.15) is 0 Å². The first-order valence-corrected chi connectivity index (χ1v) is 20.3. The molecule has 5 unspecified atom stereocenters. The van der Waals surface area contributed by atoms with Gasteiger partial charge in [0.2, 0.25) is 0 Å². The van der Waals surface area contributed by atoms with Crippen LogP contribution < -0.4 is 0 Å². The van der Waals surface area contributed by atoms with Gasteiger partial charge in [0.05, 0.1) is 17.8 Å². The molecule has 47 heavy (non-hydrogen) atoms. The van der Waals surface area contributed by atoms with Gasteiger partial charge in [0.25, 0.3) is 0 Å². The normalized spacial score (nSPS) is 20.3. The summed E-state index contributed by atoms with van der Waals surface area (Å²) < 4.78 is 16.2. The lowest BCUT2D eigenvalue weighted by molar-refractivity contribution is -0.256. The first-order chi connectivity index (χ1) is 22.7. The largest absolute Gasteiger partial charge is 0.412 e. The molecule has 0 N–H and O–H groups in total. The number of cyclic esters (lactones) is 2. The predicted molar refractivity (Wildman–Crippen MR) is 194 cm³/mol. The fraction of sp³-hybridized carbons (Fsp3) is 0.927. The third kappa shape index (κ3) is 21.9. The zero-order valence-electron chi connectivity index (χ0n) is 31.8. The summed E-state index contributed by atoms with van der Waals surface area (Å²) in [6, 6.07) is 0. The van der Waals surface area contributed by atoms with Crippen molar-refractivity contribution < 1.29 is 28.6 Å². The SMILES string of the molecule is CCCCCCCCCCCCCC(C)CC(C)C(=O)O[C@@H]1OC(=O)C(C)C(CC(C)CCCCCCCCCCCCC)C(=O)O1. The van der Waals surface area contributed by atoms with E-state index in [4.69, 9.17) is 14.2 Å². The summed E-state index contributed by atoms with van der Waals surface area (Å²) in [6.07, 6.45) is 32.3. The molecule has 6 heteroatoms. The Morgan fingerprint density at radius 2 is 0.979 bits per heavy atom. The summed E-state index contributed by atoms with van der Waals surface area (Å²) in [7, 11) is 0. The average Bonchev–Trinajstić information content (AvgIpc) is 3.13. The minimum atomic E-state index is -1.60. The Labute approximate surface area is 290 Å². The van der Waals surface area contributed by atoms with Crippen molar-refractivity contribution in [2.45, 2.75) is 215 Å². The van der Waals surface area contributed by atoms with Crippen molar-refractivity contribution in [1.29, 1.82) is 0 Å². The molecule has 1 fully saturated rings. The Kier molecular flexibility index (Phi) is 26.1. The molecule has 1 aliphatic rings. The monoisotopic (exact) mass is 665 g/mol. The lowest BCUT2D eigenvalue weighted by Gasteiger charge is -2.21. The smallest absolute Gasteiger partial charge is 0.390 e. The van der Waals surface area contributed by atoms with Gasteiger partial charge in [0, 0.05) is 0 Å². The fourth-order valence-corrected chi connectivity index (χ4v) is 7.02. The first-order valence-electron chi connectivity index (χ1n) is 20.3. The minimum absolute atomic E-state index is 0.294. The van der Waals surface area contributed by atoms with E-state index in [2.05, 4.69) is 27.7 Å². The number of hydrogen-bond acceptors (Lipinski definition) is 6. The molecule has 0 saturated carbocycles. The van der Waals surface area contributed by atoms with Crippen LogP contribution in [0.4, 0.5) is 0 Å². The van der Waals surface area contributed by atoms with E-state index in [1.54, 1.807) is 6.92 Å². The van der Waals surface area contributed by atoms with Gasteiger partial charge in [0.15, 0.2) is 0 Å². The van der Waals surface area contributed by atoms with Crippen molar-refractivity contribution in [3.63, 3.8) is 0 Å². The summed E-state index contributed by atoms with van der Waals surface area (Å²) in [5, 5.41) is 0. The molecule has 1 rings (SSSR count). The molecule has 0 radical (unpaired) electrons. The third-order valence-electron chi connectivity index (χ3n) is 10.3. The van der Waals surface area contributed by atoms with Crippen molar-refractivity contribution in [1.82, 2.24) is 0 Å². The van der Waals surface area contributed by atoms with Crippen LogP contribution in [0.5, 0.6) is 0 Å². The second-order valence-corrected chi connectivity index (χ2v) is 15.2. The zero-order valence-corrected chi connectivity index (χ0v) is 31.8. The Hall–Kier alpha value is -1.59. The molecule has 6 atom stereocenters. The van der Waals surface area contributed by atoms with Crippen molar-refractivity contribution in [3.8, 4) is 0 Å². The fourth-order valence-electron chi connectivity index (χ4n) is 7.02. The van der Waals surface area contributed by atoms with Gasteiger partial charge in [-0.3, -0.25) is 14.4 Å². The van der Waals surface area contributed by atoms with Gasteiger partial charge in [-0.25, -0.2) is 0 Å². The number of carbonyl (C=O) groups excluding carboxylic acids is 3. The Morgan fingerprint density at radius 3 is 1.43 bits per heavy atom. The summed E-state index contributed by atoms with van der Waals surface area (Å²) >= 11 is 0. The van der Waals surface area contributed by atoms with Crippen molar-refractivity contribution >= 4 is 17.9 Å². The van der Waals surface area contributed by atoms with E-state index >= 15 is 0 Å². The van der Waals surface area contributed by atoms with Gasteiger partial charge in [-0.15, -0.1) is 0 Å². The molecule has 0 aromatic heterocycles. The molecule has 6 nitrogen and oxygen atoms in total. The molecule has 1 aliphatic heterocycles. The lowest BCUT2D eigenvalue weighted by atomic mass is 9.84. The molecular weight excluding hydrogens is 588 g/mol. The van der Waals surface area contributed by atoms with Gasteiger partial charge in [-0.1, -0.05) is 196 Å². The van der Waals surface area contributed by atoms with Crippen LogP contribution in [0.25, 0.3) is 0 Å². The quantitative estimate of drug-likeness (QED) is 0.0561. The molecule has 0 aliphatic carbocycles. The minimum Gasteiger partial charge on any atom is -0.390 e. The average molecular weight is 665 g/mol. The number of hydrogen-bond donors (Lipinski definition) is 0. The summed E-state index contributed by atoms with van der Waals surface area (Å²) in [4.78, 5) is 38.7. The molecule has 0 aromatic rings. The highest BCUT2D eigenvalue weighted by Gasteiger charge is 2.41. The van der Waals surface area contributed by atoms with E-state index in [-0.39, 0.29) is 5.92 Å². The molecule has 1 saturated heterocycles. The second kappa shape index (κ2) is 28.3. The maximum atomic E-state index is 13.0. The Morgan fingerprint density at radius 1 is 0.596 bits per heavy atom. The topological polar surface area (TPSA) is 78.9 Å². The maximum Gasteiger partial charge on any atom is 0.412 e. The van der Waals surface area contributed by atoms with Crippen molar-refractivity contribution in [2.24, 2.45) is 29.6 Å². The van der Waals surface area contributed by atoms with Gasteiger partial charge in [-0.05, 0) is 24.7 Å². The van der Waals surface area contributed by atoms with Crippen LogP contribution in [-0.4, -0.2) is 24.4 Å². The zero-order chi connectivity index (χ0) is 34.7. The first kappa shape index (κ1) is 43.4. The molecule has 1 heterocycles. The van der Waals surface area contributed by atoms with Gasteiger partial charge < -0.3 is 14.2 Å². The number of ether oxygens (including phenoxy) is 3. The molecular formula is C41H76O6. The van der Waals surface area contributed by atoms with Crippen LogP contribution >= 0.6 is 0 Å². The second-order valence-electron chi connectivity index (χ2n) is 15.2. The highest BCUT2D eigenvalue weighted by atomic mass is 16.9. The summed E-state index contributed by atoms with van der Waals surface area (Å²) in [5.74, 6) is -2.44. The van der Waals surface area contributed by atoms with Crippen LogP contribution in [0.3, 0.4) is 0 Å². The summed E-state index contributed by atoms with van der Waals surface area (Å²) in [5.41, 5.74) is 0. The molecule has 0 aromatic carbocycles. The maximum absolute atomic E-state index is 13.0. The molecule has 276 valence electrons. The van der Waals surface area contributed by atoms with E-state index in [0.717, 1.165) is 19.3 Å². The van der Waals surface area contributed by atoms with E-state index in [1.807, 2.05) is 6.92 Å². The van der Waals surface area contributed by atoms with E-state index in [0.29, 0.717) is 24.7 Å². The Bertz CT molecular complexity index is 795. The van der Waals surface area contributed by atoms with E-state index < -0.39 is 36.2 Å². The van der Waals surface area contributed by atoms with Crippen LogP contribution in [0.15, 0.2) is 0 Å². The van der Waals surface area contributed by atoms with Crippen molar-refractivity contribution in [2.75, 3.05) is 0 Å². The Balaban J connectivity index is 2.27. The predicted octanol–water partition coefficient (Wildman–Crippen LogP) is 12.3. The van der Waals surface area contributed by atoms with Crippen LogP contribution in [0, 0.1) is 29.6 Å². The van der Waals surface area contributed by atoms with Crippen LogP contribution in [0.2, 0.25) is 0 Å². The highest BCUT2D eigenvalue weighted by Crippen LogP contribution is 2.30. The molecule has 0 spiro atoms. The number of esters is 3. The third-order valence-corrected chi connectivity index (χ3v) is 10.3. The lowest BCUT2D eigenvalue weighted by Crippen LogP contribution is -2.30. The summed E-state index contributed by atoms with van der Waals surface area (Å²) in [6.45, 7) is 10.8. The number of rotatable bonds is 30. The van der Waals surface area contributed by atoms with E-state index in [9.17, 15) is 14.4 Å². The standard InChI is InChI=1S/C41H76O6/c1-7-9-11-13-15-17-19-21-23-25-27-29-33(3)31-35(5)38(42)45-41-46-39(43)36(6)37(40(44)47-41)32-34(4)30-28-26-24-22-20-18-16-14-12-10-8-2/h33-37,41H,7-32H2,1-6H3/t33?,34?,35?,36?,37?,41-/m1/s1. The van der Waals surface area contributed by atoms with Crippen molar-refractivity contribution in [3.05, 3.63) is 0 Å². The van der Waals surface area contributed by atoms with Crippen LogP contribution in [0.1, 0.15) is 208 Å². The number of carbonyl (C=O) groups is 3. The van der Waals surface area contributed by atoms with Crippen LogP contribution in [-0.2, 0) is 28.6 Å². The molecule has 0 amide bonds. The molecule has 0 bridgehead atoms. The number of unbranched alkanes of at least 4 members (excludes halogenated alkanes) is 20.